The predicted molar refractivity (Wildman–Crippen MR) is 58.5 cm³/mol. The number of hydrogen-bond acceptors (Lipinski definition) is 2. The maximum Gasteiger partial charge on any atom is 0.0968 e. The minimum absolute atomic E-state index is 0.826. The number of para-hydroxylation sites is 1. The third-order valence-corrected chi connectivity index (χ3v) is 2.71. The average Bonchev–Trinajstić information content (AvgIpc) is 2.52. The standard InChI is InChI=1S/C9H7BrN2S/c10-7-3-1-2-4-8(7)12-9(13)5-6-11-12/h1-6,13H. The highest BCUT2D eigenvalue weighted by atomic mass is 79.9. The normalized spacial score (nSPS) is 10.3. The number of benzene rings is 1. The van der Waals surface area contributed by atoms with Gasteiger partial charge in [-0.2, -0.15) is 5.10 Å². The van der Waals surface area contributed by atoms with E-state index in [9.17, 15) is 0 Å². The molecule has 2 aromatic rings. The van der Waals surface area contributed by atoms with Crippen molar-refractivity contribution in [3.05, 3.63) is 41.0 Å². The number of nitrogens with zero attached hydrogens (tertiary/aromatic N) is 2. The largest absolute Gasteiger partial charge is 0.226 e. The molecule has 2 rings (SSSR count). The van der Waals surface area contributed by atoms with Crippen molar-refractivity contribution < 1.29 is 0 Å². The summed E-state index contributed by atoms with van der Waals surface area (Å²) in [6.07, 6.45) is 1.72. The summed E-state index contributed by atoms with van der Waals surface area (Å²) in [6.45, 7) is 0. The zero-order valence-electron chi connectivity index (χ0n) is 6.68. The molecule has 0 atom stereocenters. The van der Waals surface area contributed by atoms with Gasteiger partial charge in [0, 0.05) is 4.47 Å². The van der Waals surface area contributed by atoms with Gasteiger partial charge in [-0.25, -0.2) is 4.68 Å². The van der Waals surface area contributed by atoms with Crippen molar-refractivity contribution >= 4 is 28.6 Å². The van der Waals surface area contributed by atoms with Crippen LogP contribution >= 0.6 is 28.6 Å². The first-order valence-corrected chi connectivity index (χ1v) is 5.01. The number of halogens is 1. The van der Waals surface area contributed by atoms with E-state index in [0.29, 0.717) is 0 Å². The SMILES string of the molecule is Sc1ccnn1-c1ccccc1Br. The Balaban J connectivity index is 2.59. The van der Waals surface area contributed by atoms with Crippen LogP contribution in [0.25, 0.3) is 5.69 Å². The van der Waals surface area contributed by atoms with E-state index < -0.39 is 0 Å². The Kier molecular flexibility index (Phi) is 2.42. The molecule has 0 bridgehead atoms. The number of rotatable bonds is 1. The van der Waals surface area contributed by atoms with Crippen LogP contribution in [-0.2, 0) is 0 Å². The van der Waals surface area contributed by atoms with E-state index in [2.05, 4.69) is 33.7 Å². The maximum absolute atomic E-state index is 4.29. The van der Waals surface area contributed by atoms with Crippen molar-refractivity contribution in [1.29, 1.82) is 0 Å². The molecule has 0 aliphatic heterocycles. The molecule has 0 N–H and O–H groups in total. The summed E-state index contributed by atoms with van der Waals surface area (Å²) in [5.41, 5.74) is 0.998. The quantitative estimate of drug-likeness (QED) is 0.776. The highest BCUT2D eigenvalue weighted by molar-refractivity contribution is 9.10. The molecule has 4 heteroatoms. The van der Waals surface area contributed by atoms with E-state index in [1.54, 1.807) is 10.9 Å². The lowest BCUT2D eigenvalue weighted by Crippen LogP contribution is -1.96. The van der Waals surface area contributed by atoms with E-state index in [1.807, 2.05) is 30.3 Å². The Bertz CT molecular complexity index is 425. The number of aromatic nitrogens is 2. The first-order valence-electron chi connectivity index (χ1n) is 3.77. The van der Waals surface area contributed by atoms with Gasteiger partial charge in [0.05, 0.1) is 16.9 Å². The van der Waals surface area contributed by atoms with Crippen LogP contribution < -0.4 is 0 Å². The molecule has 1 aromatic heterocycles. The van der Waals surface area contributed by atoms with Gasteiger partial charge in [0.2, 0.25) is 0 Å². The molecule has 66 valence electrons. The molecule has 0 unspecified atom stereocenters. The molecule has 0 saturated heterocycles. The van der Waals surface area contributed by atoms with Crippen LogP contribution in [0.3, 0.4) is 0 Å². The van der Waals surface area contributed by atoms with E-state index in [1.165, 1.54) is 0 Å². The van der Waals surface area contributed by atoms with E-state index in [4.69, 9.17) is 0 Å². The van der Waals surface area contributed by atoms with Crippen LogP contribution in [0.4, 0.5) is 0 Å². The lowest BCUT2D eigenvalue weighted by Gasteiger charge is -2.04. The van der Waals surface area contributed by atoms with E-state index >= 15 is 0 Å². The number of thiol groups is 1. The molecular formula is C9H7BrN2S. The second-order valence-corrected chi connectivity index (χ2v) is 3.87. The van der Waals surface area contributed by atoms with Crippen LogP contribution in [-0.4, -0.2) is 9.78 Å². The fraction of sp³-hybridized carbons (Fsp3) is 0. The lowest BCUT2D eigenvalue weighted by atomic mass is 10.3. The third kappa shape index (κ3) is 1.64. The van der Waals surface area contributed by atoms with Crippen molar-refractivity contribution in [1.82, 2.24) is 9.78 Å². The first-order chi connectivity index (χ1) is 6.29. The second kappa shape index (κ2) is 3.55. The Morgan fingerprint density at radius 1 is 1.23 bits per heavy atom. The molecular weight excluding hydrogens is 248 g/mol. The lowest BCUT2D eigenvalue weighted by molar-refractivity contribution is 0.802. The summed E-state index contributed by atoms with van der Waals surface area (Å²) in [5, 5.41) is 4.98. The topological polar surface area (TPSA) is 17.8 Å². The Morgan fingerprint density at radius 2 is 2.00 bits per heavy atom. The smallest absolute Gasteiger partial charge is 0.0968 e. The first kappa shape index (κ1) is 8.84. The van der Waals surface area contributed by atoms with Gasteiger partial charge in [-0.15, -0.1) is 12.6 Å². The fourth-order valence-electron chi connectivity index (χ4n) is 1.11. The highest BCUT2D eigenvalue weighted by Crippen LogP contribution is 2.22. The van der Waals surface area contributed by atoms with E-state index in [-0.39, 0.29) is 0 Å². The molecule has 0 radical (unpaired) electrons. The van der Waals surface area contributed by atoms with Gasteiger partial charge >= 0.3 is 0 Å². The van der Waals surface area contributed by atoms with Gasteiger partial charge < -0.3 is 0 Å². The fourth-order valence-corrected chi connectivity index (χ4v) is 1.78. The van der Waals surface area contributed by atoms with Crippen molar-refractivity contribution in [2.24, 2.45) is 0 Å². The van der Waals surface area contributed by atoms with Crippen LogP contribution in [0, 0.1) is 0 Å². The molecule has 0 amide bonds. The van der Waals surface area contributed by atoms with E-state index in [0.717, 1.165) is 15.2 Å². The van der Waals surface area contributed by atoms with Crippen LogP contribution in [0.15, 0.2) is 46.0 Å². The number of hydrogen-bond donors (Lipinski definition) is 1. The molecule has 1 aromatic carbocycles. The van der Waals surface area contributed by atoms with Gasteiger partial charge in [-0.3, -0.25) is 0 Å². The van der Waals surface area contributed by atoms with Crippen LogP contribution in [0.5, 0.6) is 0 Å². The molecule has 0 aliphatic rings. The maximum atomic E-state index is 4.29. The molecule has 13 heavy (non-hydrogen) atoms. The Morgan fingerprint density at radius 3 is 2.62 bits per heavy atom. The molecule has 2 nitrogen and oxygen atoms in total. The van der Waals surface area contributed by atoms with Crippen LogP contribution in [0.1, 0.15) is 0 Å². The average molecular weight is 255 g/mol. The van der Waals surface area contributed by atoms with Gasteiger partial charge in [-0.1, -0.05) is 12.1 Å². The Labute approximate surface area is 90.1 Å². The zero-order valence-corrected chi connectivity index (χ0v) is 9.16. The molecule has 0 spiro atoms. The summed E-state index contributed by atoms with van der Waals surface area (Å²) in [5.74, 6) is 0. The highest BCUT2D eigenvalue weighted by Gasteiger charge is 2.03. The van der Waals surface area contributed by atoms with Crippen molar-refractivity contribution in [2.75, 3.05) is 0 Å². The zero-order chi connectivity index (χ0) is 9.26. The minimum Gasteiger partial charge on any atom is -0.226 e. The van der Waals surface area contributed by atoms with Crippen molar-refractivity contribution in [2.45, 2.75) is 5.03 Å². The van der Waals surface area contributed by atoms with Gasteiger partial charge in [-0.05, 0) is 34.1 Å². The second-order valence-electron chi connectivity index (χ2n) is 2.55. The Hall–Kier alpha value is -0.740. The van der Waals surface area contributed by atoms with Gasteiger partial charge in [0.25, 0.3) is 0 Å². The molecule has 0 fully saturated rings. The third-order valence-electron chi connectivity index (χ3n) is 1.70. The van der Waals surface area contributed by atoms with Gasteiger partial charge in [0.15, 0.2) is 0 Å². The van der Waals surface area contributed by atoms with Gasteiger partial charge in [0.1, 0.15) is 0 Å². The summed E-state index contributed by atoms with van der Waals surface area (Å²) >= 11 is 7.74. The molecule has 0 saturated carbocycles. The summed E-state index contributed by atoms with van der Waals surface area (Å²) in [6, 6.07) is 9.74. The van der Waals surface area contributed by atoms with Crippen molar-refractivity contribution in [3.63, 3.8) is 0 Å². The summed E-state index contributed by atoms with van der Waals surface area (Å²) in [4.78, 5) is 0. The molecule has 0 aliphatic carbocycles. The molecule has 1 heterocycles. The predicted octanol–water partition coefficient (Wildman–Crippen LogP) is 2.92. The van der Waals surface area contributed by atoms with Crippen molar-refractivity contribution in [3.8, 4) is 5.69 Å². The monoisotopic (exact) mass is 254 g/mol. The summed E-state index contributed by atoms with van der Waals surface area (Å²) in [7, 11) is 0. The van der Waals surface area contributed by atoms with Crippen LogP contribution in [0.2, 0.25) is 0 Å². The minimum atomic E-state index is 0.826. The summed E-state index contributed by atoms with van der Waals surface area (Å²) < 4.78 is 2.78.